The number of nitrogens with zero attached hydrogens (tertiary/aromatic N) is 2. The number of pyridine rings is 1. The minimum Gasteiger partial charge on any atom is -0.491 e. The molecule has 2 aromatic rings. The molecule has 2 N–H and O–H groups in total. The molecule has 4 rings (SSSR count). The molecule has 1 aromatic heterocycles. The lowest BCUT2D eigenvalue weighted by Gasteiger charge is -2.46. The number of likely N-dealkylation sites (tertiary alicyclic amines) is 1. The van der Waals surface area contributed by atoms with E-state index in [2.05, 4.69) is 20.5 Å². The summed E-state index contributed by atoms with van der Waals surface area (Å²) in [6.45, 7) is 1.14. The molecule has 1 saturated heterocycles. The van der Waals surface area contributed by atoms with E-state index in [9.17, 15) is 22.8 Å². The number of alkyl halides is 3. The van der Waals surface area contributed by atoms with Gasteiger partial charge in [0.1, 0.15) is 6.10 Å². The molecule has 8 nitrogen and oxygen atoms in total. The van der Waals surface area contributed by atoms with E-state index >= 15 is 0 Å². The smallest absolute Gasteiger partial charge is 0.416 e. The van der Waals surface area contributed by atoms with Gasteiger partial charge in [-0.25, -0.2) is 4.98 Å². The Labute approximate surface area is 207 Å². The van der Waals surface area contributed by atoms with Crippen molar-refractivity contribution >= 4 is 11.8 Å². The molecule has 11 heteroatoms. The third kappa shape index (κ3) is 6.45. The van der Waals surface area contributed by atoms with Crippen LogP contribution in [0.1, 0.15) is 41.6 Å². The molecule has 1 aliphatic carbocycles. The van der Waals surface area contributed by atoms with Gasteiger partial charge in [0.15, 0.2) is 5.75 Å². The van der Waals surface area contributed by atoms with Crippen LogP contribution in [0.2, 0.25) is 0 Å². The number of nitrogens with one attached hydrogen (secondary N) is 2. The first-order valence-electron chi connectivity index (χ1n) is 11.9. The molecule has 2 heterocycles. The van der Waals surface area contributed by atoms with Gasteiger partial charge in [-0.2, -0.15) is 13.2 Å². The Morgan fingerprint density at radius 1 is 1.11 bits per heavy atom. The van der Waals surface area contributed by atoms with Crippen molar-refractivity contribution in [3.63, 3.8) is 0 Å². The third-order valence-corrected chi connectivity index (χ3v) is 6.53. The molecule has 0 spiro atoms. The zero-order valence-corrected chi connectivity index (χ0v) is 19.9. The zero-order valence-electron chi connectivity index (χ0n) is 19.9. The maximum atomic E-state index is 12.8. The fourth-order valence-electron chi connectivity index (χ4n) is 4.59. The average Bonchev–Trinajstić information content (AvgIpc) is 2.85. The van der Waals surface area contributed by atoms with Gasteiger partial charge in [-0.3, -0.25) is 14.5 Å². The van der Waals surface area contributed by atoms with Crippen LogP contribution in [0.5, 0.6) is 11.6 Å². The number of carbonyl (C=O) groups is 2. The summed E-state index contributed by atoms with van der Waals surface area (Å²) in [6.07, 6.45) is 0.986. The molecule has 0 atom stereocenters. The minimum atomic E-state index is -4.54. The van der Waals surface area contributed by atoms with Gasteiger partial charge in [-0.05, 0) is 56.0 Å². The molecule has 2 fully saturated rings. The molecule has 2 amide bonds. The summed E-state index contributed by atoms with van der Waals surface area (Å²) in [5.41, 5.74) is -1.06. The van der Waals surface area contributed by atoms with Crippen molar-refractivity contribution in [2.45, 2.75) is 50.0 Å². The highest BCUT2D eigenvalue weighted by atomic mass is 19.4. The van der Waals surface area contributed by atoms with E-state index in [1.165, 1.54) is 6.07 Å². The van der Waals surface area contributed by atoms with Crippen LogP contribution in [0.25, 0.3) is 0 Å². The minimum absolute atomic E-state index is 0.0188. The van der Waals surface area contributed by atoms with E-state index in [1.54, 1.807) is 19.4 Å². The van der Waals surface area contributed by atoms with Gasteiger partial charge >= 0.3 is 6.18 Å². The van der Waals surface area contributed by atoms with E-state index in [1.807, 2.05) is 6.07 Å². The van der Waals surface area contributed by atoms with Crippen molar-refractivity contribution in [2.24, 2.45) is 0 Å². The average molecular weight is 507 g/mol. The first-order chi connectivity index (χ1) is 17.2. The monoisotopic (exact) mass is 506 g/mol. The second-order valence-electron chi connectivity index (χ2n) is 9.04. The van der Waals surface area contributed by atoms with Gasteiger partial charge in [-0.15, -0.1) is 0 Å². The lowest BCUT2D eigenvalue weighted by atomic mass is 9.89. The first kappa shape index (κ1) is 25.7. The SMILES string of the molecule is COc1cccnc1O[C@H]1CC[C@@H](N2CC(NC(=O)CNC(=O)c3cccc(C(F)(F)F)c3)C2)CC1. The van der Waals surface area contributed by atoms with Crippen LogP contribution in [0.15, 0.2) is 42.6 Å². The molecule has 194 valence electrons. The summed E-state index contributed by atoms with van der Waals surface area (Å²) in [4.78, 5) is 30.9. The van der Waals surface area contributed by atoms with Crippen LogP contribution < -0.4 is 20.1 Å². The second kappa shape index (κ2) is 11.2. The van der Waals surface area contributed by atoms with Gasteiger partial charge in [-0.1, -0.05) is 6.07 Å². The number of methoxy groups -OCH3 is 1. The molecule has 1 saturated carbocycles. The van der Waals surface area contributed by atoms with Crippen LogP contribution in [0, 0.1) is 0 Å². The Kier molecular flexibility index (Phi) is 7.97. The molecule has 0 unspecified atom stereocenters. The van der Waals surface area contributed by atoms with Gasteiger partial charge in [0.05, 0.1) is 25.3 Å². The predicted molar refractivity (Wildman–Crippen MR) is 125 cm³/mol. The van der Waals surface area contributed by atoms with Gasteiger partial charge in [0.2, 0.25) is 5.91 Å². The highest BCUT2D eigenvalue weighted by molar-refractivity contribution is 5.96. The fourth-order valence-corrected chi connectivity index (χ4v) is 4.59. The van der Waals surface area contributed by atoms with Crippen LogP contribution in [-0.2, 0) is 11.0 Å². The lowest BCUT2D eigenvalue weighted by Crippen LogP contribution is -2.63. The third-order valence-electron chi connectivity index (χ3n) is 6.53. The zero-order chi connectivity index (χ0) is 25.7. The Bertz CT molecular complexity index is 1070. The summed E-state index contributed by atoms with van der Waals surface area (Å²) >= 11 is 0. The van der Waals surface area contributed by atoms with Crippen molar-refractivity contribution in [3.05, 3.63) is 53.7 Å². The van der Waals surface area contributed by atoms with E-state index in [0.717, 1.165) is 57.0 Å². The van der Waals surface area contributed by atoms with E-state index in [-0.39, 0.29) is 30.2 Å². The molecule has 0 bridgehead atoms. The Balaban J connectivity index is 1.14. The second-order valence-corrected chi connectivity index (χ2v) is 9.04. The summed E-state index contributed by atoms with van der Waals surface area (Å²) in [6, 6.07) is 8.12. The van der Waals surface area contributed by atoms with Crippen LogP contribution in [0.4, 0.5) is 13.2 Å². The molecule has 1 aromatic carbocycles. The van der Waals surface area contributed by atoms with Crippen molar-refractivity contribution in [1.29, 1.82) is 0 Å². The van der Waals surface area contributed by atoms with E-state index in [4.69, 9.17) is 9.47 Å². The van der Waals surface area contributed by atoms with Crippen LogP contribution in [0.3, 0.4) is 0 Å². The molecular weight excluding hydrogens is 477 g/mol. The highest BCUT2D eigenvalue weighted by Gasteiger charge is 2.36. The first-order valence-corrected chi connectivity index (χ1v) is 11.9. The highest BCUT2D eigenvalue weighted by Crippen LogP contribution is 2.32. The van der Waals surface area contributed by atoms with Crippen LogP contribution >= 0.6 is 0 Å². The largest absolute Gasteiger partial charge is 0.491 e. The number of carbonyl (C=O) groups excluding carboxylic acids is 2. The number of aromatic nitrogens is 1. The molecule has 0 radical (unpaired) electrons. The Hall–Kier alpha value is -3.34. The summed E-state index contributed by atoms with van der Waals surface area (Å²) < 4.78 is 49.8. The van der Waals surface area contributed by atoms with Gasteiger partial charge in [0, 0.05) is 30.9 Å². The summed E-state index contributed by atoms with van der Waals surface area (Å²) in [7, 11) is 1.59. The summed E-state index contributed by atoms with van der Waals surface area (Å²) in [5, 5.41) is 5.24. The number of hydrogen-bond donors (Lipinski definition) is 2. The molecule has 36 heavy (non-hydrogen) atoms. The number of ether oxygens (including phenoxy) is 2. The maximum absolute atomic E-state index is 12.8. The van der Waals surface area contributed by atoms with Crippen molar-refractivity contribution in [1.82, 2.24) is 20.5 Å². The van der Waals surface area contributed by atoms with Crippen molar-refractivity contribution in [2.75, 3.05) is 26.7 Å². The van der Waals surface area contributed by atoms with Gasteiger partial charge in [0.25, 0.3) is 11.8 Å². The van der Waals surface area contributed by atoms with Crippen LogP contribution in [-0.4, -0.2) is 66.6 Å². The lowest BCUT2D eigenvalue weighted by molar-refractivity contribution is -0.137. The molecule has 1 aliphatic heterocycles. The fraction of sp³-hybridized carbons (Fsp3) is 0.480. The standard InChI is InChI=1S/C25H29F3N4O4/c1-35-21-6-3-11-29-24(21)36-20-9-7-19(8-10-20)32-14-18(15-32)31-22(33)13-30-23(34)16-4-2-5-17(12-16)25(26,27)28/h2-6,11-12,18-20H,7-10,13-15H2,1H3,(H,30,34)(H,31,33)/t19-,20+. The topological polar surface area (TPSA) is 92.8 Å². The number of benzene rings is 1. The quantitative estimate of drug-likeness (QED) is 0.572. The van der Waals surface area contributed by atoms with E-state index < -0.39 is 17.6 Å². The normalized spacial score (nSPS) is 20.8. The van der Waals surface area contributed by atoms with Crippen molar-refractivity contribution < 1.29 is 32.2 Å². The predicted octanol–water partition coefficient (Wildman–Crippen LogP) is 3.03. The number of amides is 2. The van der Waals surface area contributed by atoms with Gasteiger partial charge < -0.3 is 20.1 Å². The van der Waals surface area contributed by atoms with Crippen molar-refractivity contribution in [3.8, 4) is 11.6 Å². The Morgan fingerprint density at radius 2 is 1.86 bits per heavy atom. The Morgan fingerprint density at radius 3 is 2.56 bits per heavy atom. The molecule has 2 aliphatic rings. The number of halogens is 3. The maximum Gasteiger partial charge on any atom is 0.416 e. The van der Waals surface area contributed by atoms with E-state index in [0.29, 0.717) is 17.7 Å². The number of rotatable bonds is 8. The summed E-state index contributed by atoms with van der Waals surface area (Å²) in [5.74, 6) is 0.0254. The number of hydrogen-bond acceptors (Lipinski definition) is 6. The molecular formula is C25H29F3N4O4.